The van der Waals surface area contributed by atoms with Gasteiger partial charge in [-0.1, -0.05) is 98.5 Å². The third-order valence-electron chi connectivity index (χ3n) is 8.27. The minimum absolute atomic E-state index is 0.115. The van der Waals surface area contributed by atoms with Gasteiger partial charge in [-0.25, -0.2) is 0 Å². The molecule has 0 amide bonds. The largest absolute Gasteiger partial charge is 0.456 e. The number of carbonyl (C=O) groups is 1. The molecule has 4 atom stereocenters. The van der Waals surface area contributed by atoms with Crippen molar-refractivity contribution in [1.29, 1.82) is 0 Å². The van der Waals surface area contributed by atoms with Crippen molar-refractivity contribution in [1.82, 2.24) is 4.90 Å². The molecule has 0 saturated carbocycles. The van der Waals surface area contributed by atoms with Crippen molar-refractivity contribution in [3.05, 3.63) is 106 Å². The van der Waals surface area contributed by atoms with E-state index in [2.05, 4.69) is 82.8 Å². The maximum Gasteiger partial charge on any atom is 0.311 e. The fraction of sp³-hybridized carbons (Fsp3) is 0.472. The Hall–Kier alpha value is -2.95. The van der Waals surface area contributed by atoms with Crippen LogP contribution in [0, 0.1) is 33.6 Å². The van der Waals surface area contributed by atoms with Gasteiger partial charge in [-0.05, 0) is 81.3 Å². The van der Waals surface area contributed by atoms with Gasteiger partial charge in [0.15, 0.2) is 0 Å². The smallest absolute Gasteiger partial charge is 0.311 e. The van der Waals surface area contributed by atoms with E-state index in [4.69, 9.17) is 4.74 Å². The number of rotatable bonds is 14. The second kappa shape index (κ2) is 15.2. The molecule has 4 heteroatoms. The Bertz CT molecular complexity index is 1200. The van der Waals surface area contributed by atoms with Gasteiger partial charge in [0.05, 0.1) is 12.0 Å². The van der Waals surface area contributed by atoms with Crippen molar-refractivity contribution in [2.45, 2.75) is 105 Å². The fourth-order valence-corrected chi connectivity index (χ4v) is 5.53. The Labute approximate surface area is 242 Å². The summed E-state index contributed by atoms with van der Waals surface area (Å²) < 4.78 is 6.31. The molecule has 0 saturated heterocycles. The molecule has 3 aromatic rings. The Morgan fingerprint density at radius 2 is 1.48 bits per heavy atom. The monoisotopic (exact) mass is 543 g/mol. The number of carbonyl (C=O) groups excluding carboxylic acids is 1. The van der Waals surface area contributed by atoms with Gasteiger partial charge in [-0.3, -0.25) is 9.69 Å². The SMILES string of the molecule is CCCCCC(O)C(C)C(=O)O[C@H](c1ccccc1)[C@H](C)N(Cc1ccccc1C)Cc1c(C)cc(C)cc1C. The Kier molecular flexibility index (Phi) is 12.0. The summed E-state index contributed by atoms with van der Waals surface area (Å²) in [5.74, 6) is -0.926. The lowest BCUT2D eigenvalue weighted by Gasteiger charge is -2.36. The van der Waals surface area contributed by atoms with Gasteiger partial charge < -0.3 is 9.84 Å². The van der Waals surface area contributed by atoms with Crippen LogP contribution in [0.25, 0.3) is 0 Å². The molecule has 0 spiro atoms. The zero-order valence-electron chi connectivity index (χ0n) is 25.6. The predicted molar refractivity (Wildman–Crippen MR) is 165 cm³/mol. The quantitative estimate of drug-likeness (QED) is 0.165. The first-order chi connectivity index (χ1) is 19.1. The van der Waals surface area contributed by atoms with Crippen LogP contribution in [0.5, 0.6) is 0 Å². The summed E-state index contributed by atoms with van der Waals surface area (Å²) in [6.07, 6.45) is 2.47. The molecule has 1 N–H and O–H groups in total. The Balaban J connectivity index is 1.96. The number of esters is 1. The minimum Gasteiger partial charge on any atom is -0.456 e. The predicted octanol–water partition coefficient (Wildman–Crippen LogP) is 8.17. The summed E-state index contributed by atoms with van der Waals surface area (Å²) >= 11 is 0. The zero-order chi connectivity index (χ0) is 29.2. The first-order valence-electron chi connectivity index (χ1n) is 14.9. The van der Waals surface area contributed by atoms with Gasteiger partial charge in [-0.2, -0.15) is 0 Å². The van der Waals surface area contributed by atoms with Crippen LogP contribution < -0.4 is 0 Å². The van der Waals surface area contributed by atoms with Gasteiger partial charge in [0.2, 0.25) is 0 Å². The number of unbranched alkanes of at least 4 members (excludes halogenated alkanes) is 2. The highest BCUT2D eigenvalue weighted by molar-refractivity contribution is 5.73. The van der Waals surface area contributed by atoms with Crippen LogP contribution in [0.1, 0.15) is 91.5 Å². The molecule has 0 bridgehead atoms. The van der Waals surface area contributed by atoms with Crippen molar-refractivity contribution < 1.29 is 14.6 Å². The molecule has 3 rings (SSSR count). The number of aliphatic hydroxyl groups excluding tert-OH is 1. The van der Waals surface area contributed by atoms with Crippen molar-refractivity contribution in [3.63, 3.8) is 0 Å². The first kappa shape index (κ1) is 31.6. The third-order valence-corrected chi connectivity index (χ3v) is 8.27. The molecule has 0 heterocycles. The number of nitrogens with zero attached hydrogens (tertiary/aromatic N) is 1. The lowest BCUT2D eigenvalue weighted by Crippen LogP contribution is -2.40. The van der Waals surface area contributed by atoms with Crippen LogP contribution in [0.2, 0.25) is 0 Å². The molecule has 0 fully saturated rings. The van der Waals surface area contributed by atoms with Gasteiger partial charge in [0, 0.05) is 19.1 Å². The summed E-state index contributed by atoms with van der Waals surface area (Å²) in [4.78, 5) is 15.9. The van der Waals surface area contributed by atoms with E-state index in [0.29, 0.717) is 6.42 Å². The van der Waals surface area contributed by atoms with Crippen molar-refractivity contribution in [2.24, 2.45) is 5.92 Å². The van der Waals surface area contributed by atoms with Crippen LogP contribution in [0.3, 0.4) is 0 Å². The molecule has 216 valence electrons. The topological polar surface area (TPSA) is 49.8 Å². The molecule has 2 unspecified atom stereocenters. The highest BCUT2D eigenvalue weighted by Gasteiger charge is 2.32. The van der Waals surface area contributed by atoms with Gasteiger partial charge >= 0.3 is 5.97 Å². The first-order valence-corrected chi connectivity index (χ1v) is 14.9. The summed E-state index contributed by atoms with van der Waals surface area (Å²) in [6, 6.07) is 22.9. The summed E-state index contributed by atoms with van der Waals surface area (Å²) in [7, 11) is 0. The summed E-state index contributed by atoms with van der Waals surface area (Å²) in [6.45, 7) is 16.2. The van der Waals surface area contributed by atoms with Crippen molar-refractivity contribution in [2.75, 3.05) is 0 Å². The maximum atomic E-state index is 13.4. The van der Waals surface area contributed by atoms with Crippen LogP contribution >= 0.6 is 0 Å². The minimum atomic E-state index is -0.702. The summed E-state index contributed by atoms with van der Waals surface area (Å²) in [5, 5.41) is 10.7. The molecule has 0 radical (unpaired) electrons. The van der Waals surface area contributed by atoms with Gasteiger partial charge in [0.1, 0.15) is 6.10 Å². The number of hydrogen-bond acceptors (Lipinski definition) is 4. The second-order valence-corrected chi connectivity index (χ2v) is 11.6. The lowest BCUT2D eigenvalue weighted by atomic mass is 9.95. The van der Waals surface area contributed by atoms with E-state index in [1.165, 1.54) is 33.4 Å². The molecule has 0 aliphatic heterocycles. The van der Waals surface area contributed by atoms with Crippen LogP contribution in [0.15, 0.2) is 66.7 Å². The lowest BCUT2D eigenvalue weighted by molar-refractivity contribution is -0.161. The van der Waals surface area contributed by atoms with Crippen LogP contribution in [-0.2, 0) is 22.6 Å². The molecule has 40 heavy (non-hydrogen) atoms. The van der Waals surface area contributed by atoms with Crippen LogP contribution in [0.4, 0.5) is 0 Å². The van der Waals surface area contributed by atoms with Crippen LogP contribution in [-0.4, -0.2) is 28.1 Å². The third kappa shape index (κ3) is 8.52. The summed E-state index contributed by atoms with van der Waals surface area (Å²) in [5.41, 5.74) is 8.59. The van der Waals surface area contributed by atoms with Crippen molar-refractivity contribution >= 4 is 5.97 Å². The molecular weight excluding hydrogens is 494 g/mol. The molecule has 0 aliphatic carbocycles. The number of hydrogen-bond donors (Lipinski definition) is 1. The maximum absolute atomic E-state index is 13.4. The van der Waals surface area contributed by atoms with E-state index >= 15 is 0 Å². The van der Waals surface area contributed by atoms with E-state index in [1.54, 1.807) is 6.92 Å². The molecule has 3 aromatic carbocycles. The fourth-order valence-electron chi connectivity index (χ4n) is 5.53. The van der Waals surface area contributed by atoms with E-state index < -0.39 is 18.1 Å². The molecular formula is C36H49NO3. The molecule has 4 nitrogen and oxygen atoms in total. The number of aliphatic hydroxyl groups is 1. The standard InChI is InChI=1S/C36H49NO3/c1-8-9-11-20-34(38)29(6)36(39)40-35(31-17-12-10-13-18-31)30(7)37(23-32-19-15-14-16-26(32)3)24-33-27(4)21-25(2)22-28(33)5/h10,12-19,21-22,29-30,34-35,38H,8-9,11,20,23-24H2,1-7H3/t29?,30-,34?,35-/m0/s1. The Morgan fingerprint density at radius 3 is 2.10 bits per heavy atom. The highest BCUT2D eigenvalue weighted by atomic mass is 16.5. The van der Waals surface area contributed by atoms with Gasteiger partial charge in [0.25, 0.3) is 0 Å². The average molecular weight is 544 g/mol. The highest BCUT2D eigenvalue weighted by Crippen LogP contribution is 2.31. The van der Waals surface area contributed by atoms with E-state index in [-0.39, 0.29) is 12.0 Å². The van der Waals surface area contributed by atoms with E-state index in [1.807, 2.05) is 30.3 Å². The Morgan fingerprint density at radius 1 is 0.850 bits per heavy atom. The second-order valence-electron chi connectivity index (χ2n) is 11.6. The molecule has 0 aliphatic rings. The van der Waals surface area contributed by atoms with E-state index in [9.17, 15) is 9.90 Å². The average Bonchev–Trinajstić information content (AvgIpc) is 2.93. The number of aryl methyl sites for hydroxylation is 4. The number of benzene rings is 3. The van der Waals surface area contributed by atoms with Gasteiger partial charge in [-0.15, -0.1) is 0 Å². The molecule has 0 aromatic heterocycles. The normalized spacial score (nSPS) is 14.5. The zero-order valence-corrected chi connectivity index (χ0v) is 25.6. The van der Waals surface area contributed by atoms with E-state index in [0.717, 1.165) is 37.9 Å². The number of ether oxygens (including phenoxy) is 1. The van der Waals surface area contributed by atoms with Crippen molar-refractivity contribution in [3.8, 4) is 0 Å².